The molecule has 0 saturated carbocycles. The Bertz CT molecular complexity index is 567. The van der Waals surface area contributed by atoms with Crippen LogP contribution < -0.4 is 5.32 Å². The molecule has 0 aliphatic carbocycles. The van der Waals surface area contributed by atoms with E-state index in [1.807, 2.05) is 13.8 Å². The molecule has 1 aliphatic rings. The van der Waals surface area contributed by atoms with Crippen molar-refractivity contribution in [3.8, 4) is 23.7 Å². The van der Waals surface area contributed by atoms with Crippen LogP contribution in [0.1, 0.15) is 117 Å². The van der Waals surface area contributed by atoms with Crippen LogP contribution in [0.5, 0.6) is 0 Å². The van der Waals surface area contributed by atoms with Crippen molar-refractivity contribution >= 4 is 5.97 Å². The first-order chi connectivity index (χ1) is 14.6. The fraction of sp³-hybridized carbons (Fsp3) is 0.815. The maximum Gasteiger partial charge on any atom is 0.385 e. The second-order valence-corrected chi connectivity index (χ2v) is 9.32. The number of quaternary nitrogens is 1. The van der Waals surface area contributed by atoms with Gasteiger partial charge in [0.2, 0.25) is 0 Å². The van der Waals surface area contributed by atoms with Crippen LogP contribution >= 0.6 is 0 Å². The molecule has 0 spiro atoms. The van der Waals surface area contributed by atoms with Crippen molar-refractivity contribution in [1.82, 2.24) is 0 Å². The van der Waals surface area contributed by atoms with Gasteiger partial charge in [-0.25, -0.2) is 4.79 Å². The Morgan fingerprint density at radius 3 is 1.97 bits per heavy atom. The summed E-state index contributed by atoms with van der Waals surface area (Å²) in [4.78, 5) is 12.0. The summed E-state index contributed by atoms with van der Waals surface area (Å²) in [6, 6.07) is 0. The van der Waals surface area contributed by atoms with Crippen molar-refractivity contribution in [2.45, 2.75) is 123 Å². The molecule has 3 nitrogen and oxygen atoms in total. The van der Waals surface area contributed by atoms with E-state index in [0.29, 0.717) is 5.92 Å². The van der Waals surface area contributed by atoms with Gasteiger partial charge < -0.3 is 10.1 Å². The summed E-state index contributed by atoms with van der Waals surface area (Å²) in [7, 11) is 0. The molecule has 0 bridgehead atoms. The molecule has 1 heterocycles. The lowest BCUT2D eigenvalue weighted by atomic mass is 9.83. The van der Waals surface area contributed by atoms with Gasteiger partial charge in [0.1, 0.15) is 5.60 Å². The third-order valence-electron chi connectivity index (χ3n) is 6.25. The van der Waals surface area contributed by atoms with Crippen LogP contribution in [0.15, 0.2) is 0 Å². The van der Waals surface area contributed by atoms with Crippen LogP contribution in [0.2, 0.25) is 0 Å². The van der Waals surface area contributed by atoms with Gasteiger partial charge in [-0.1, -0.05) is 83.5 Å². The van der Waals surface area contributed by atoms with Crippen LogP contribution in [0, 0.1) is 29.6 Å². The lowest BCUT2D eigenvalue weighted by molar-refractivity contribution is -0.665. The van der Waals surface area contributed by atoms with E-state index in [0.717, 1.165) is 38.8 Å². The third kappa shape index (κ3) is 13.7. The maximum absolute atomic E-state index is 12.0. The predicted octanol–water partition coefficient (Wildman–Crippen LogP) is 5.38. The molecule has 170 valence electrons. The van der Waals surface area contributed by atoms with Crippen molar-refractivity contribution in [2.24, 2.45) is 5.92 Å². The zero-order chi connectivity index (χ0) is 21.9. The molecule has 1 aliphatic heterocycles. The molecule has 1 saturated heterocycles. The largest absolute Gasteiger partial charge is 0.450 e. The van der Waals surface area contributed by atoms with E-state index in [-0.39, 0.29) is 0 Å². The smallest absolute Gasteiger partial charge is 0.385 e. The third-order valence-corrected chi connectivity index (χ3v) is 6.25. The summed E-state index contributed by atoms with van der Waals surface area (Å²) in [5.74, 6) is 11.0. The second-order valence-electron chi connectivity index (χ2n) is 9.32. The highest BCUT2D eigenvalue weighted by molar-refractivity contribution is 5.89. The summed E-state index contributed by atoms with van der Waals surface area (Å²) >= 11 is 0. The Kier molecular flexibility index (Phi) is 15.3. The average molecular weight is 417 g/mol. The highest BCUT2D eigenvalue weighted by Crippen LogP contribution is 2.27. The van der Waals surface area contributed by atoms with E-state index in [1.165, 1.54) is 70.6 Å². The molecule has 1 rings (SSSR count). The molecule has 0 unspecified atom stereocenters. The van der Waals surface area contributed by atoms with E-state index < -0.39 is 11.6 Å². The summed E-state index contributed by atoms with van der Waals surface area (Å²) in [5, 5.41) is 2.32. The van der Waals surface area contributed by atoms with Gasteiger partial charge in [0.05, 0.1) is 13.1 Å². The molecule has 3 heteroatoms. The molecular formula is C27H46NO2+. The van der Waals surface area contributed by atoms with Gasteiger partial charge in [-0.3, -0.25) is 0 Å². The SMILES string of the molecule is CCCCCCCCCCCCCCC#CC#CC(=O)OC(C)(C)C1CC[NH2+]CC1. The Morgan fingerprint density at radius 1 is 0.867 bits per heavy atom. The Morgan fingerprint density at radius 2 is 1.40 bits per heavy atom. The van der Waals surface area contributed by atoms with Crippen LogP contribution in [-0.2, 0) is 9.53 Å². The summed E-state index contributed by atoms with van der Waals surface area (Å²) in [5.41, 5.74) is -0.442. The van der Waals surface area contributed by atoms with Gasteiger partial charge in [0.15, 0.2) is 0 Å². The number of ether oxygens (including phenoxy) is 1. The molecule has 0 aromatic rings. The first-order valence-corrected chi connectivity index (χ1v) is 12.6. The Balaban J connectivity index is 2.01. The Hall–Kier alpha value is -1.45. The van der Waals surface area contributed by atoms with Crippen molar-refractivity contribution in [1.29, 1.82) is 0 Å². The van der Waals surface area contributed by atoms with Crippen LogP contribution in [0.3, 0.4) is 0 Å². The van der Waals surface area contributed by atoms with Crippen molar-refractivity contribution < 1.29 is 14.8 Å². The van der Waals surface area contributed by atoms with Crippen LogP contribution in [-0.4, -0.2) is 24.7 Å². The molecule has 0 aromatic heterocycles. The number of carbonyl (C=O) groups excluding carboxylic acids is 1. The number of rotatable bonds is 14. The molecule has 1 fully saturated rings. The van der Waals surface area contributed by atoms with Gasteiger partial charge in [-0.05, 0) is 32.1 Å². The minimum absolute atomic E-state index is 0.421. The molecular weight excluding hydrogens is 370 g/mol. The molecule has 30 heavy (non-hydrogen) atoms. The number of esters is 1. The molecule has 0 radical (unpaired) electrons. The van der Waals surface area contributed by atoms with Crippen molar-refractivity contribution in [3.05, 3.63) is 0 Å². The monoisotopic (exact) mass is 416 g/mol. The Labute approximate surface area is 186 Å². The summed E-state index contributed by atoms with van der Waals surface area (Å²) in [6.07, 6.45) is 19.2. The van der Waals surface area contributed by atoms with E-state index in [4.69, 9.17) is 4.74 Å². The van der Waals surface area contributed by atoms with Gasteiger partial charge in [0.25, 0.3) is 0 Å². The van der Waals surface area contributed by atoms with Crippen molar-refractivity contribution in [3.63, 3.8) is 0 Å². The normalized spacial score (nSPS) is 14.4. The van der Waals surface area contributed by atoms with Gasteiger partial charge >= 0.3 is 5.97 Å². The number of hydrogen-bond acceptors (Lipinski definition) is 2. The number of unbranched alkanes of at least 4 members (excludes halogenated alkanes) is 12. The lowest BCUT2D eigenvalue weighted by Crippen LogP contribution is -2.86. The quantitative estimate of drug-likeness (QED) is 0.179. The zero-order valence-corrected chi connectivity index (χ0v) is 20.0. The van der Waals surface area contributed by atoms with Gasteiger partial charge in [-0.15, -0.1) is 0 Å². The number of piperidine rings is 1. The van der Waals surface area contributed by atoms with E-state index in [1.54, 1.807) is 0 Å². The molecule has 0 aromatic carbocycles. The fourth-order valence-corrected chi connectivity index (χ4v) is 4.21. The minimum Gasteiger partial charge on any atom is -0.450 e. The molecule has 0 atom stereocenters. The first kappa shape index (κ1) is 26.6. The van der Waals surface area contributed by atoms with E-state index in [2.05, 4.69) is 35.9 Å². The lowest BCUT2D eigenvalue weighted by Gasteiger charge is -2.34. The van der Waals surface area contributed by atoms with E-state index >= 15 is 0 Å². The van der Waals surface area contributed by atoms with Crippen molar-refractivity contribution in [2.75, 3.05) is 13.1 Å². The highest BCUT2D eigenvalue weighted by Gasteiger charge is 2.34. The first-order valence-electron chi connectivity index (χ1n) is 12.6. The fourth-order valence-electron chi connectivity index (χ4n) is 4.21. The number of nitrogens with two attached hydrogens (primary N) is 1. The topological polar surface area (TPSA) is 42.9 Å². The zero-order valence-electron chi connectivity index (χ0n) is 20.0. The van der Waals surface area contributed by atoms with Gasteiger partial charge in [-0.2, -0.15) is 0 Å². The predicted molar refractivity (Wildman–Crippen MR) is 126 cm³/mol. The number of hydrogen-bond donors (Lipinski definition) is 1. The standard InChI is InChI=1S/C27H45NO2/c1-4-5-6-7-8-9-10-11-12-13-14-15-16-17-18-19-20-26(29)30-27(2,3)25-21-23-28-24-22-25/h25,28H,4-16,21-24H2,1-3H3/p+1. The van der Waals surface area contributed by atoms with Crippen LogP contribution in [0.25, 0.3) is 0 Å². The second kappa shape index (κ2) is 17.3. The highest BCUT2D eigenvalue weighted by atomic mass is 16.6. The molecule has 2 N–H and O–H groups in total. The minimum atomic E-state index is -0.450. The average Bonchev–Trinajstić information content (AvgIpc) is 2.73. The summed E-state index contributed by atoms with van der Waals surface area (Å²) in [6.45, 7) is 8.50. The number of carbonyl (C=O) groups is 1. The van der Waals surface area contributed by atoms with E-state index in [9.17, 15) is 4.79 Å². The molecule has 0 amide bonds. The maximum atomic E-state index is 12.0. The van der Waals surface area contributed by atoms with Gasteiger partial charge in [0, 0.05) is 31.1 Å². The summed E-state index contributed by atoms with van der Waals surface area (Å²) < 4.78 is 5.61. The van der Waals surface area contributed by atoms with Crippen LogP contribution in [0.4, 0.5) is 0 Å².